The minimum atomic E-state index is 0. The average molecular weight is 547 g/mol. The third-order valence-corrected chi connectivity index (χ3v) is 8.93. The number of nitriles is 2. The zero-order valence-corrected chi connectivity index (χ0v) is 24.0. The molecule has 0 heterocycles. The van der Waals surface area contributed by atoms with Crippen LogP contribution in [-0.2, 0) is 0 Å². The summed E-state index contributed by atoms with van der Waals surface area (Å²) < 4.78 is 9.65. The Hall–Kier alpha value is -4.02. The second kappa shape index (κ2) is 11.5. The summed E-state index contributed by atoms with van der Waals surface area (Å²) in [5, 5.41) is 20.9. The van der Waals surface area contributed by atoms with E-state index in [1.807, 2.05) is 72.8 Å². The first-order valence-corrected chi connectivity index (χ1v) is 14.1. The Kier molecular flexibility index (Phi) is 8.37. The van der Waals surface area contributed by atoms with Crippen LogP contribution in [0, 0.1) is 44.7 Å². The predicted octanol–water partition coefficient (Wildman–Crippen LogP) is 10.4. The Morgan fingerprint density at radius 2 is 0.780 bits per heavy atom. The van der Waals surface area contributed by atoms with Crippen molar-refractivity contribution in [2.75, 3.05) is 0 Å². The number of benzene rings is 4. The fraction of sp³-hybridized carbons (Fsp3) is 0.405. The van der Waals surface area contributed by atoms with Crippen LogP contribution < -0.4 is 9.47 Å². The predicted molar refractivity (Wildman–Crippen MR) is 167 cm³/mol. The molecular formula is C37H42N2O2. The van der Waals surface area contributed by atoms with Gasteiger partial charge in [0.2, 0.25) is 0 Å². The molecule has 0 atom stereocenters. The molecule has 0 N–H and O–H groups in total. The highest BCUT2D eigenvalue weighted by Crippen LogP contribution is 2.73. The van der Waals surface area contributed by atoms with Crippen LogP contribution in [0.5, 0.6) is 11.5 Å². The van der Waals surface area contributed by atoms with Crippen LogP contribution in [0.3, 0.4) is 0 Å². The van der Waals surface area contributed by atoms with Crippen LogP contribution in [0.2, 0.25) is 0 Å². The molecule has 0 amide bonds. The second-order valence-electron chi connectivity index (χ2n) is 13.6. The molecule has 0 radical (unpaired) electrons. The van der Waals surface area contributed by atoms with Gasteiger partial charge in [0.25, 0.3) is 12.5 Å². The first-order chi connectivity index (χ1) is 19.1. The summed E-state index contributed by atoms with van der Waals surface area (Å²) in [5.74, 6) is 1.22. The summed E-state index contributed by atoms with van der Waals surface area (Å²) in [6, 6.07) is 26.9. The Morgan fingerprint density at radius 1 is 0.488 bits per heavy atom. The molecule has 0 spiro atoms. The zero-order valence-electron chi connectivity index (χ0n) is 24.0. The highest BCUT2D eigenvalue weighted by molar-refractivity contribution is 5.89. The minimum absolute atomic E-state index is 0. The van der Waals surface area contributed by atoms with Crippen LogP contribution in [0.4, 0.5) is 0 Å². The Morgan fingerprint density at radius 3 is 1.10 bits per heavy atom. The maximum Gasteiger partial charge on any atom is 0.292 e. The molecule has 4 aromatic rings. The van der Waals surface area contributed by atoms with Gasteiger partial charge < -0.3 is 9.47 Å². The monoisotopic (exact) mass is 546 g/mol. The van der Waals surface area contributed by atoms with Crippen molar-refractivity contribution < 1.29 is 9.47 Å². The number of ether oxygens (including phenoxy) is 2. The fourth-order valence-corrected chi connectivity index (χ4v) is 9.60. The summed E-state index contributed by atoms with van der Waals surface area (Å²) in [6.45, 7) is 10.2. The molecule has 41 heavy (non-hydrogen) atoms. The number of rotatable bonds is 2. The molecule has 4 heteroatoms. The lowest BCUT2D eigenvalue weighted by atomic mass is 9.37. The molecule has 8 rings (SSSR count). The number of nitrogens with zero attached hydrogens (tertiary/aromatic N) is 2. The maximum absolute atomic E-state index is 8.41. The van der Waals surface area contributed by atoms with E-state index in [0.717, 1.165) is 21.5 Å². The Labute approximate surface area is 245 Å². The van der Waals surface area contributed by atoms with E-state index in [1.54, 1.807) is 24.6 Å². The Bertz CT molecular complexity index is 1410. The SMILES string of the molecule is C.CC12CC3(C)CC(C)(C1)CC(C)(C2)C3.N#COc1cccc2ccccc12.N#COc1cccc2ccccc12. The van der Waals surface area contributed by atoms with Gasteiger partial charge in [-0.1, -0.05) is 108 Å². The van der Waals surface area contributed by atoms with Crippen molar-refractivity contribution in [2.45, 2.75) is 73.6 Å². The van der Waals surface area contributed by atoms with Gasteiger partial charge in [0, 0.05) is 10.8 Å². The van der Waals surface area contributed by atoms with E-state index in [2.05, 4.69) is 27.7 Å². The molecule has 4 aliphatic carbocycles. The molecule has 4 saturated carbocycles. The second-order valence-corrected chi connectivity index (χ2v) is 13.6. The van der Waals surface area contributed by atoms with Gasteiger partial charge in [0.1, 0.15) is 11.5 Å². The quantitative estimate of drug-likeness (QED) is 0.235. The topological polar surface area (TPSA) is 66.0 Å². The fourth-order valence-electron chi connectivity index (χ4n) is 9.60. The summed E-state index contributed by atoms with van der Waals surface area (Å²) in [5.41, 5.74) is 2.75. The maximum atomic E-state index is 8.41. The van der Waals surface area contributed by atoms with Gasteiger partial charge in [0.05, 0.1) is 0 Å². The standard InChI is InChI=1S/C14H24.2C11H7NO.CH4/c1-11-5-12(2)8-13(3,6-11)10-14(4,7-11)9-12;2*12-8-13-11-7-3-5-9-4-1-2-6-10(9)11;/h5-10H2,1-4H3;2*1-7H;1H4. The first kappa shape index (κ1) is 30.0. The highest BCUT2D eigenvalue weighted by atomic mass is 16.5. The van der Waals surface area contributed by atoms with Crippen LogP contribution in [0.25, 0.3) is 21.5 Å². The van der Waals surface area contributed by atoms with Crippen molar-refractivity contribution in [1.29, 1.82) is 10.5 Å². The number of fused-ring (bicyclic) bond motifs is 2. The lowest BCUT2D eigenvalue weighted by Crippen LogP contribution is -2.57. The summed E-state index contributed by atoms with van der Waals surface area (Å²) >= 11 is 0. The largest absolute Gasteiger partial charge is 0.387 e. The molecule has 4 aliphatic rings. The van der Waals surface area contributed by atoms with Gasteiger partial charge >= 0.3 is 0 Å². The van der Waals surface area contributed by atoms with E-state index in [9.17, 15) is 0 Å². The van der Waals surface area contributed by atoms with Crippen molar-refractivity contribution in [2.24, 2.45) is 21.7 Å². The molecule has 212 valence electrons. The highest BCUT2D eigenvalue weighted by Gasteiger charge is 2.62. The van der Waals surface area contributed by atoms with Crippen LogP contribution >= 0.6 is 0 Å². The molecule has 0 saturated heterocycles. The zero-order chi connectivity index (χ0) is 28.4. The van der Waals surface area contributed by atoms with Crippen LogP contribution in [0.1, 0.15) is 73.6 Å². The van der Waals surface area contributed by atoms with Crippen molar-refractivity contribution in [3.63, 3.8) is 0 Å². The van der Waals surface area contributed by atoms with Gasteiger partial charge in [0.15, 0.2) is 0 Å². The summed E-state index contributed by atoms with van der Waals surface area (Å²) in [6.07, 6.45) is 12.4. The molecule has 4 bridgehead atoms. The number of hydrogen-bond acceptors (Lipinski definition) is 4. The molecule has 4 aromatic carbocycles. The summed E-state index contributed by atoms with van der Waals surface area (Å²) in [7, 11) is 0. The smallest absolute Gasteiger partial charge is 0.292 e. The first-order valence-electron chi connectivity index (χ1n) is 14.1. The molecule has 4 nitrogen and oxygen atoms in total. The lowest BCUT2D eigenvalue weighted by Gasteiger charge is -2.68. The molecule has 0 unspecified atom stereocenters. The van der Waals surface area contributed by atoms with Crippen molar-refractivity contribution >= 4 is 21.5 Å². The molecule has 0 aromatic heterocycles. The normalized spacial score (nSPS) is 28.5. The number of hydrogen-bond donors (Lipinski definition) is 0. The Balaban J connectivity index is 0.000000140. The van der Waals surface area contributed by atoms with Gasteiger partial charge in [-0.15, -0.1) is 10.5 Å². The van der Waals surface area contributed by atoms with E-state index in [0.29, 0.717) is 33.2 Å². The van der Waals surface area contributed by atoms with Gasteiger partial charge in [-0.25, -0.2) is 0 Å². The van der Waals surface area contributed by atoms with E-state index < -0.39 is 0 Å². The molecular weight excluding hydrogens is 504 g/mol. The van der Waals surface area contributed by atoms with E-state index in [-0.39, 0.29) is 7.43 Å². The molecule has 4 fully saturated rings. The molecule has 0 aliphatic heterocycles. The van der Waals surface area contributed by atoms with E-state index in [4.69, 9.17) is 20.0 Å². The van der Waals surface area contributed by atoms with Crippen molar-refractivity contribution in [1.82, 2.24) is 0 Å². The van der Waals surface area contributed by atoms with E-state index >= 15 is 0 Å². The average Bonchev–Trinajstić information content (AvgIpc) is 2.87. The lowest BCUT2D eigenvalue weighted by molar-refractivity contribution is -0.176. The van der Waals surface area contributed by atoms with Gasteiger partial charge in [-0.3, -0.25) is 0 Å². The third-order valence-electron chi connectivity index (χ3n) is 8.93. The van der Waals surface area contributed by atoms with Gasteiger partial charge in [-0.05, 0) is 83.1 Å². The van der Waals surface area contributed by atoms with Crippen molar-refractivity contribution in [3.8, 4) is 24.0 Å². The summed E-state index contributed by atoms with van der Waals surface area (Å²) in [4.78, 5) is 0. The van der Waals surface area contributed by atoms with E-state index in [1.165, 1.54) is 38.5 Å². The van der Waals surface area contributed by atoms with Gasteiger partial charge in [-0.2, -0.15) is 0 Å². The van der Waals surface area contributed by atoms with Crippen LogP contribution in [-0.4, -0.2) is 0 Å². The third kappa shape index (κ3) is 6.49. The van der Waals surface area contributed by atoms with Crippen LogP contribution in [0.15, 0.2) is 84.9 Å². The minimum Gasteiger partial charge on any atom is -0.387 e. The van der Waals surface area contributed by atoms with Crippen molar-refractivity contribution in [3.05, 3.63) is 84.9 Å².